The molecule has 0 bridgehead atoms. The fourth-order valence-electron chi connectivity index (χ4n) is 2.24. The van der Waals surface area contributed by atoms with Crippen LogP contribution in [0.25, 0.3) is 0 Å². The summed E-state index contributed by atoms with van der Waals surface area (Å²) >= 11 is 3.46. The van der Waals surface area contributed by atoms with Gasteiger partial charge in [0.2, 0.25) is 0 Å². The monoisotopic (exact) mass is 282 g/mol. The summed E-state index contributed by atoms with van der Waals surface area (Å²) in [4.78, 5) is 0. The second-order valence-electron chi connectivity index (χ2n) is 5.16. The zero-order valence-corrected chi connectivity index (χ0v) is 11.3. The molecule has 0 atom stereocenters. The minimum Gasteiger partial charge on any atom is -0.399 e. The lowest BCUT2D eigenvalue weighted by Crippen LogP contribution is -2.36. The van der Waals surface area contributed by atoms with Crippen LogP contribution in [0.1, 0.15) is 31.7 Å². The van der Waals surface area contributed by atoms with E-state index in [1.807, 2.05) is 12.1 Å². The molecule has 1 aromatic rings. The van der Waals surface area contributed by atoms with Gasteiger partial charge in [-0.05, 0) is 42.0 Å². The Balaban J connectivity index is 1.84. The van der Waals surface area contributed by atoms with E-state index in [4.69, 9.17) is 5.73 Å². The zero-order valence-electron chi connectivity index (χ0n) is 9.72. The molecular weight excluding hydrogens is 264 g/mol. The Labute approximate surface area is 106 Å². The van der Waals surface area contributed by atoms with Crippen LogP contribution >= 0.6 is 15.9 Å². The van der Waals surface area contributed by atoms with Crippen LogP contribution in [0, 0.1) is 5.41 Å². The first-order valence-electron chi connectivity index (χ1n) is 5.83. The SMILES string of the molecule is CC1(CNCc2cc(N)cc(Br)c2)CCC1. The minimum atomic E-state index is 0.539. The molecule has 2 nitrogen and oxygen atoms in total. The minimum absolute atomic E-state index is 0.539. The smallest absolute Gasteiger partial charge is 0.0328 e. The third kappa shape index (κ3) is 2.98. The average molecular weight is 283 g/mol. The molecule has 0 aromatic heterocycles. The zero-order chi connectivity index (χ0) is 11.6. The molecule has 1 aliphatic rings. The standard InChI is InChI=1S/C13H19BrN2/c1-13(3-2-4-13)9-16-8-10-5-11(14)7-12(15)6-10/h5-7,16H,2-4,8-9,15H2,1H3. The van der Waals surface area contributed by atoms with Crippen molar-refractivity contribution in [3.8, 4) is 0 Å². The highest BCUT2D eigenvalue weighted by molar-refractivity contribution is 9.10. The van der Waals surface area contributed by atoms with Crippen LogP contribution in [0.4, 0.5) is 5.69 Å². The number of anilines is 1. The number of rotatable bonds is 4. The van der Waals surface area contributed by atoms with Crippen LogP contribution in [0.2, 0.25) is 0 Å². The highest BCUT2D eigenvalue weighted by atomic mass is 79.9. The van der Waals surface area contributed by atoms with Crippen molar-refractivity contribution in [3.05, 3.63) is 28.2 Å². The molecule has 3 N–H and O–H groups in total. The van der Waals surface area contributed by atoms with Crippen molar-refractivity contribution >= 4 is 21.6 Å². The number of hydrogen-bond donors (Lipinski definition) is 2. The second kappa shape index (κ2) is 4.76. The fourth-order valence-corrected chi connectivity index (χ4v) is 2.80. The molecule has 1 saturated carbocycles. The molecule has 1 aliphatic carbocycles. The molecule has 0 amide bonds. The van der Waals surface area contributed by atoms with Gasteiger partial charge in [0.05, 0.1) is 0 Å². The van der Waals surface area contributed by atoms with Gasteiger partial charge in [-0.1, -0.05) is 29.3 Å². The molecule has 3 heteroatoms. The van der Waals surface area contributed by atoms with Gasteiger partial charge >= 0.3 is 0 Å². The molecule has 0 aliphatic heterocycles. The number of benzene rings is 1. The summed E-state index contributed by atoms with van der Waals surface area (Å²) in [5, 5.41) is 3.52. The van der Waals surface area contributed by atoms with Gasteiger partial charge in [0.25, 0.3) is 0 Å². The summed E-state index contributed by atoms with van der Waals surface area (Å²) < 4.78 is 1.05. The summed E-state index contributed by atoms with van der Waals surface area (Å²) in [6.45, 7) is 4.37. The Kier molecular flexibility index (Phi) is 3.55. The van der Waals surface area contributed by atoms with Crippen molar-refractivity contribution in [2.45, 2.75) is 32.7 Å². The summed E-state index contributed by atoms with van der Waals surface area (Å²) in [5.41, 5.74) is 8.40. The topological polar surface area (TPSA) is 38.0 Å². The van der Waals surface area contributed by atoms with E-state index in [1.54, 1.807) is 0 Å². The Bertz CT molecular complexity index is 352. The Morgan fingerprint density at radius 1 is 1.38 bits per heavy atom. The first-order valence-corrected chi connectivity index (χ1v) is 6.62. The summed E-state index contributed by atoms with van der Waals surface area (Å²) in [5.74, 6) is 0. The average Bonchev–Trinajstić information content (AvgIpc) is 2.13. The quantitative estimate of drug-likeness (QED) is 0.832. The van der Waals surface area contributed by atoms with E-state index >= 15 is 0 Å². The number of halogens is 1. The second-order valence-corrected chi connectivity index (χ2v) is 6.08. The number of nitrogens with two attached hydrogens (primary N) is 1. The maximum absolute atomic E-state index is 5.80. The number of nitrogens with one attached hydrogen (secondary N) is 1. The maximum atomic E-state index is 5.80. The molecular formula is C13H19BrN2. The van der Waals surface area contributed by atoms with Crippen LogP contribution in [0.5, 0.6) is 0 Å². The third-order valence-electron chi connectivity index (χ3n) is 3.42. The molecule has 1 fully saturated rings. The van der Waals surface area contributed by atoms with Gasteiger partial charge in [-0.25, -0.2) is 0 Å². The summed E-state index contributed by atoms with van der Waals surface area (Å²) in [6, 6.07) is 6.07. The summed E-state index contributed by atoms with van der Waals surface area (Å²) in [6.07, 6.45) is 4.11. The number of nitrogen functional groups attached to an aromatic ring is 1. The van der Waals surface area contributed by atoms with Gasteiger partial charge in [0.1, 0.15) is 0 Å². The molecule has 0 unspecified atom stereocenters. The first kappa shape index (κ1) is 11.9. The van der Waals surface area contributed by atoms with Crippen molar-refractivity contribution in [2.75, 3.05) is 12.3 Å². The molecule has 88 valence electrons. The van der Waals surface area contributed by atoms with Gasteiger partial charge in [0.15, 0.2) is 0 Å². The molecule has 0 spiro atoms. The predicted molar refractivity (Wildman–Crippen MR) is 72.2 cm³/mol. The van der Waals surface area contributed by atoms with Crippen LogP contribution < -0.4 is 11.1 Å². The van der Waals surface area contributed by atoms with Gasteiger partial charge in [-0.3, -0.25) is 0 Å². The van der Waals surface area contributed by atoms with Crippen LogP contribution in [-0.2, 0) is 6.54 Å². The van der Waals surface area contributed by atoms with Crippen molar-refractivity contribution in [2.24, 2.45) is 5.41 Å². The summed E-state index contributed by atoms with van der Waals surface area (Å²) in [7, 11) is 0. The Morgan fingerprint density at radius 3 is 2.69 bits per heavy atom. The molecule has 1 aromatic carbocycles. The first-order chi connectivity index (χ1) is 7.57. The highest BCUT2D eigenvalue weighted by Crippen LogP contribution is 2.39. The van der Waals surface area contributed by atoms with E-state index < -0.39 is 0 Å². The van der Waals surface area contributed by atoms with Gasteiger partial charge < -0.3 is 11.1 Å². The van der Waals surface area contributed by atoms with Crippen LogP contribution in [-0.4, -0.2) is 6.54 Å². The molecule has 16 heavy (non-hydrogen) atoms. The van der Waals surface area contributed by atoms with E-state index in [0.29, 0.717) is 5.41 Å². The van der Waals surface area contributed by atoms with Crippen molar-refractivity contribution < 1.29 is 0 Å². The highest BCUT2D eigenvalue weighted by Gasteiger charge is 2.30. The van der Waals surface area contributed by atoms with Gasteiger partial charge in [-0.2, -0.15) is 0 Å². The number of hydrogen-bond acceptors (Lipinski definition) is 2. The van der Waals surface area contributed by atoms with E-state index in [-0.39, 0.29) is 0 Å². The normalized spacial score (nSPS) is 18.1. The van der Waals surface area contributed by atoms with Crippen LogP contribution in [0.3, 0.4) is 0 Å². The molecule has 0 heterocycles. The largest absolute Gasteiger partial charge is 0.399 e. The predicted octanol–water partition coefficient (Wildman–Crippen LogP) is 3.31. The van der Waals surface area contributed by atoms with Gasteiger partial charge in [-0.15, -0.1) is 0 Å². The third-order valence-corrected chi connectivity index (χ3v) is 3.88. The lowest BCUT2D eigenvalue weighted by atomic mass is 9.70. The van der Waals surface area contributed by atoms with E-state index in [2.05, 4.69) is 34.2 Å². The molecule has 2 rings (SSSR count). The lowest BCUT2D eigenvalue weighted by molar-refractivity contribution is 0.156. The Morgan fingerprint density at radius 2 is 2.12 bits per heavy atom. The fraction of sp³-hybridized carbons (Fsp3) is 0.538. The van der Waals surface area contributed by atoms with Crippen LogP contribution in [0.15, 0.2) is 22.7 Å². The van der Waals surface area contributed by atoms with Crippen molar-refractivity contribution in [1.29, 1.82) is 0 Å². The van der Waals surface area contributed by atoms with E-state index in [0.717, 1.165) is 23.2 Å². The van der Waals surface area contributed by atoms with Crippen molar-refractivity contribution in [3.63, 3.8) is 0 Å². The van der Waals surface area contributed by atoms with Crippen molar-refractivity contribution in [1.82, 2.24) is 5.32 Å². The molecule has 0 radical (unpaired) electrons. The maximum Gasteiger partial charge on any atom is 0.0328 e. The Hall–Kier alpha value is -0.540. The van der Waals surface area contributed by atoms with E-state index in [9.17, 15) is 0 Å². The lowest BCUT2D eigenvalue weighted by Gasteiger charge is -2.38. The molecule has 0 saturated heterocycles. The van der Waals surface area contributed by atoms with Gasteiger partial charge in [0, 0.05) is 23.2 Å². The van der Waals surface area contributed by atoms with E-state index in [1.165, 1.54) is 24.8 Å².